The van der Waals surface area contributed by atoms with E-state index in [9.17, 15) is 5.11 Å². The smallest absolute Gasteiger partial charge is 0.105 e. The monoisotopic (exact) mass is 374 g/mol. The van der Waals surface area contributed by atoms with E-state index in [1.165, 1.54) is 77.0 Å². The Balaban J connectivity index is 3.46. The molecule has 0 saturated carbocycles. The van der Waals surface area contributed by atoms with E-state index in [0.717, 1.165) is 12.8 Å². The van der Waals surface area contributed by atoms with Crippen LogP contribution in [0.3, 0.4) is 0 Å². The molecule has 158 valence electrons. The summed E-state index contributed by atoms with van der Waals surface area (Å²) in [5.41, 5.74) is 0. The lowest BCUT2D eigenvalue weighted by Gasteiger charge is -2.35. The van der Waals surface area contributed by atoms with Crippen molar-refractivity contribution in [2.45, 2.75) is 103 Å². The minimum atomic E-state index is -0.328. The first-order valence-electron chi connectivity index (χ1n) is 11.3. The normalized spacial score (nSPS) is 13.3. The Kier molecular flexibility index (Phi) is 18.1. The number of likely N-dealkylation sites (N-methyl/N-ethyl adjacent to an activating group) is 1. The second-order valence-corrected chi connectivity index (χ2v) is 8.38. The zero-order chi connectivity index (χ0) is 19.5. The van der Waals surface area contributed by atoms with Crippen LogP contribution < -0.4 is 0 Å². The van der Waals surface area contributed by atoms with Gasteiger partial charge in [-0.3, -0.25) is 0 Å². The molecule has 0 heterocycles. The van der Waals surface area contributed by atoms with Crippen LogP contribution in [-0.2, 0) is 0 Å². The summed E-state index contributed by atoms with van der Waals surface area (Å²) in [5, 5.41) is 28.6. The van der Waals surface area contributed by atoms with Gasteiger partial charge in [0.15, 0.2) is 0 Å². The average Bonchev–Trinajstić information content (AvgIpc) is 2.59. The Hall–Kier alpha value is -0.160. The van der Waals surface area contributed by atoms with Crippen molar-refractivity contribution in [1.29, 1.82) is 0 Å². The molecule has 0 saturated heterocycles. The van der Waals surface area contributed by atoms with Crippen LogP contribution in [0.5, 0.6) is 0 Å². The van der Waals surface area contributed by atoms with Crippen LogP contribution in [0.25, 0.3) is 0 Å². The molecule has 0 aliphatic carbocycles. The summed E-state index contributed by atoms with van der Waals surface area (Å²) in [6.45, 7) is 4.28. The fourth-order valence-electron chi connectivity index (χ4n) is 3.78. The topological polar surface area (TPSA) is 60.7 Å². The van der Waals surface area contributed by atoms with Gasteiger partial charge in [-0.05, 0) is 6.42 Å². The highest BCUT2D eigenvalue weighted by Gasteiger charge is 2.24. The molecule has 0 bridgehead atoms. The van der Waals surface area contributed by atoms with Crippen molar-refractivity contribution in [1.82, 2.24) is 0 Å². The molecule has 3 N–H and O–H groups in total. The fraction of sp³-hybridized carbons (Fsp3) is 1.00. The van der Waals surface area contributed by atoms with Crippen molar-refractivity contribution in [2.24, 2.45) is 0 Å². The minimum Gasteiger partial charge on any atom is -0.391 e. The van der Waals surface area contributed by atoms with Crippen LogP contribution >= 0.6 is 0 Å². The van der Waals surface area contributed by atoms with Crippen LogP contribution in [0.15, 0.2) is 0 Å². The Labute approximate surface area is 163 Å². The van der Waals surface area contributed by atoms with Crippen molar-refractivity contribution in [3.05, 3.63) is 0 Å². The Morgan fingerprint density at radius 2 is 1.04 bits per heavy atom. The molecule has 0 rings (SSSR count). The summed E-state index contributed by atoms with van der Waals surface area (Å²) in [5.74, 6) is 0. The van der Waals surface area contributed by atoms with Gasteiger partial charge in [-0.25, -0.2) is 0 Å². The van der Waals surface area contributed by atoms with Gasteiger partial charge in [0.05, 0.1) is 20.3 Å². The molecule has 0 fully saturated rings. The summed E-state index contributed by atoms with van der Waals surface area (Å²) in [4.78, 5) is 0. The van der Waals surface area contributed by atoms with Gasteiger partial charge in [-0.15, -0.1) is 0 Å². The number of hydrogen-bond donors (Lipinski definition) is 3. The number of aliphatic hydroxyl groups excluding tert-OH is 3. The van der Waals surface area contributed by atoms with Gasteiger partial charge in [-0.2, -0.15) is 0 Å². The third kappa shape index (κ3) is 16.0. The van der Waals surface area contributed by atoms with E-state index in [1.54, 1.807) is 0 Å². The maximum absolute atomic E-state index is 10.2. The molecule has 4 nitrogen and oxygen atoms in total. The highest BCUT2D eigenvalue weighted by Crippen LogP contribution is 2.14. The van der Waals surface area contributed by atoms with Crippen molar-refractivity contribution in [3.8, 4) is 0 Å². The summed E-state index contributed by atoms with van der Waals surface area (Å²) in [7, 11) is 2.00. The highest BCUT2D eigenvalue weighted by molar-refractivity contribution is 4.57. The predicted octanol–water partition coefficient (Wildman–Crippen LogP) is 4.26. The molecule has 0 radical (unpaired) electrons. The maximum atomic E-state index is 10.2. The Morgan fingerprint density at radius 3 is 1.42 bits per heavy atom. The van der Waals surface area contributed by atoms with Crippen LogP contribution in [0.1, 0.15) is 96.8 Å². The quantitative estimate of drug-likeness (QED) is 0.220. The van der Waals surface area contributed by atoms with E-state index < -0.39 is 0 Å². The zero-order valence-electron chi connectivity index (χ0n) is 17.8. The number of quaternary nitrogens is 1. The van der Waals surface area contributed by atoms with Crippen molar-refractivity contribution >= 4 is 0 Å². The lowest BCUT2D eigenvalue weighted by molar-refractivity contribution is -0.913. The third-order valence-corrected chi connectivity index (χ3v) is 5.57. The molecule has 0 aromatic rings. The first kappa shape index (κ1) is 25.8. The number of unbranched alkanes of at least 4 members (excludes halogenated alkanes) is 12. The number of rotatable bonds is 20. The molecule has 0 aliphatic heterocycles. The average molecular weight is 375 g/mol. The molecule has 1 atom stereocenters. The van der Waals surface area contributed by atoms with Crippen molar-refractivity contribution < 1.29 is 19.8 Å². The molecular weight excluding hydrogens is 326 g/mol. The van der Waals surface area contributed by atoms with Gasteiger partial charge in [0.2, 0.25) is 0 Å². The SMILES string of the molecule is CCCCCCCCCCCCCCCC(O)C[N+](C)(CCO)CCO. The summed E-state index contributed by atoms with van der Waals surface area (Å²) >= 11 is 0. The van der Waals surface area contributed by atoms with E-state index in [2.05, 4.69) is 6.92 Å². The van der Waals surface area contributed by atoms with Crippen LogP contribution in [0.4, 0.5) is 0 Å². The van der Waals surface area contributed by atoms with Gasteiger partial charge in [0.25, 0.3) is 0 Å². The number of nitrogens with zero attached hydrogens (tertiary/aromatic N) is 1. The van der Waals surface area contributed by atoms with E-state index >= 15 is 0 Å². The maximum Gasteiger partial charge on any atom is 0.105 e. The van der Waals surface area contributed by atoms with Crippen LogP contribution in [0, 0.1) is 0 Å². The van der Waals surface area contributed by atoms with E-state index in [0.29, 0.717) is 24.1 Å². The molecule has 0 aliphatic rings. The molecule has 0 aromatic carbocycles. The minimum absolute atomic E-state index is 0.0992. The van der Waals surface area contributed by atoms with Gasteiger partial charge in [0.1, 0.15) is 25.7 Å². The molecule has 4 heteroatoms. The molecule has 0 spiro atoms. The summed E-state index contributed by atoms with van der Waals surface area (Å²) in [6, 6.07) is 0. The Morgan fingerprint density at radius 1 is 0.654 bits per heavy atom. The molecule has 0 aromatic heterocycles. The molecule has 26 heavy (non-hydrogen) atoms. The second kappa shape index (κ2) is 18.2. The van der Waals surface area contributed by atoms with Crippen LogP contribution in [0.2, 0.25) is 0 Å². The van der Waals surface area contributed by atoms with E-state index in [-0.39, 0.29) is 19.3 Å². The van der Waals surface area contributed by atoms with Crippen LogP contribution in [-0.4, -0.2) is 65.8 Å². The lowest BCUT2D eigenvalue weighted by Crippen LogP contribution is -2.52. The number of hydrogen-bond acceptors (Lipinski definition) is 3. The molecule has 1 unspecified atom stereocenters. The van der Waals surface area contributed by atoms with Gasteiger partial charge >= 0.3 is 0 Å². The van der Waals surface area contributed by atoms with Gasteiger partial charge in [-0.1, -0.05) is 90.4 Å². The summed E-state index contributed by atoms with van der Waals surface area (Å²) in [6.07, 6.45) is 17.9. The van der Waals surface area contributed by atoms with Gasteiger partial charge < -0.3 is 19.8 Å². The summed E-state index contributed by atoms with van der Waals surface area (Å²) < 4.78 is 0.548. The van der Waals surface area contributed by atoms with Crippen molar-refractivity contribution in [3.63, 3.8) is 0 Å². The fourth-order valence-corrected chi connectivity index (χ4v) is 3.78. The lowest BCUT2D eigenvalue weighted by atomic mass is 10.0. The number of aliphatic hydroxyl groups is 3. The third-order valence-electron chi connectivity index (χ3n) is 5.57. The van der Waals surface area contributed by atoms with Crippen molar-refractivity contribution in [2.75, 3.05) is 39.9 Å². The van der Waals surface area contributed by atoms with Gasteiger partial charge in [0, 0.05) is 0 Å². The predicted molar refractivity (Wildman–Crippen MR) is 111 cm³/mol. The van der Waals surface area contributed by atoms with E-state index in [1.807, 2.05) is 7.05 Å². The Bertz CT molecular complexity index is 281. The first-order chi connectivity index (χ1) is 12.6. The van der Waals surface area contributed by atoms with E-state index in [4.69, 9.17) is 10.2 Å². The molecule has 0 amide bonds. The second-order valence-electron chi connectivity index (χ2n) is 8.38. The first-order valence-corrected chi connectivity index (χ1v) is 11.3. The highest BCUT2D eigenvalue weighted by atomic mass is 16.3. The zero-order valence-corrected chi connectivity index (χ0v) is 17.8. The standard InChI is InChI=1S/C22H48NO3/c1-3-4-5-6-7-8-9-10-11-12-13-14-15-16-22(26)21-23(2,17-19-24)18-20-25/h22,24-26H,3-21H2,1-2H3/q+1. The molecular formula is C22H48NO3+. The largest absolute Gasteiger partial charge is 0.391 e.